The molecule has 0 saturated heterocycles. The SMILES string of the molecule is CCOC(=O)c1ccc(-c2ccc(/C=C(\C(=O)NCc3ccc(C)cc3)S(=O)(=O)c3ccccc3)o2)cc1. The maximum atomic E-state index is 13.5. The van der Waals surface area contributed by atoms with Crippen molar-refractivity contribution in [3.05, 3.63) is 118 Å². The standard InChI is InChI=1S/C30H27NO6S/c1-3-36-30(33)24-15-13-23(14-16-24)27-18-17-25(37-27)19-28(38(34,35)26-7-5-4-6-8-26)29(32)31-20-22-11-9-21(2)10-12-22/h4-19H,3,20H2,1-2H3,(H,31,32)/b28-19+. The van der Waals surface area contributed by atoms with Gasteiger partial charge in [0.25, 0.3) is 5.91 Å². The maximum absolute atomic E-state index is 13.5. The molecular weight excluding hydrogens is 502 g/mol. The summed E-state index contributed by atoms with van der Waals surface area (Å²) in [6.07, 6.45) is 1.23. The zero-order chi connectivity index (χ0) is 27.1. The number of furan rings is 1. The highest BCUT2D eigenvalue weighted by atomic mass is 32.2. The van der Waals surface area contributed by atoms with Gasteiger partial charge in [0.15, 0.2) is 0 Å². The third-order valence-corrected chi connectivity index (χ3v) is 7.50. The summed E-state index contributed by atoms with van der Waals surface area (Å²) in [7, 11) is -4.15. The van der Waals surface area contributed by atoms with Gasteiger partial charge < -0.3 is 14.5 Å². The third-order valence-electron chi connectivity index (χ3n) is 5.72. The molecule has 3 aromatic carbocycles. The molecule has 194 valence electrons. The highest BCUT2D eigenvalue weighted by molar-refractivity contribution is 7.96. The first kappa shape index (κ1) is 26.6. The first-order valence-corrected chi connectivity index (χ1v) is 13.5. The minimum atomic E-state index is -4.15. The minimum Gasteiger partial charge on any atom is -0.462 e. The number of ether oxygens (including phenoxy) is 1. The number of carbonyl (C=O) groups excluding carboxylic acids is 2. The van der Waals surface area contributed by atoms with E-state index in [9.17, 15) is 18.0 Å². The lowest BCUT2D eigenvalue weighted by atomic mass is 10.1. The summed E-state index contributed by atoms with van der Waals surface area (Å²) >= 11 is 0. The van der Waals surface area contributed by atoms with E-state index in [1.807, 2.05) is 31.2 Å². The van der Waals surface area contributed by atoms with Crippen molar-refractivity contribution in [3.8, 4) is 11.3 Å². The van der Waals surface area contributed by atoms with Crippen molar-refractivity contribution in [2.24, 2.45) is 0 Å². The maximum Gasteiger partial charge on any atom is 0.338 e. The van der Waals surface area contributed by atoms with Gasteiger partial charge in [-0.1, -0.05) is 60.2 Å². The van der Waals surface area contributed by atoms with Gasteiger partial charge in [-0.2, -0.15) is 0 Å². The number of hydrogen-bond acceptors (Lipinski definition) is 6. The first-order valence-electron chi connectivity index (χ1n) is 12.0. The van der Waals surface area contributed by atoms with E-state index < -0.39 is 26.6 Å². The summed E-state index contributed by atoms with van der Waals surface area (Å²) in [6.45, 7) is 4.14. The molecule has 4 rings (SSSR count). The number of aryl methyl sites for hydroxylation is 1. The van der Waals surface area contributed by atoms with Crippen LogP contribution in [0.5, 0.6) is 0 Å². The monoisotopic (exact) mass is 529 g/mol. The molecule has 1 N–H and O–H groups in total. The van der Waals surface area contributed by atoms with E-state index in [2.05, 4.69) is 5.32 Å². The molecule has 0 spiro atoms. The van der Waals surface area contributed by atoms with Gasteiger partial charge in [-0.25, -0.2) is 13.2 Å². The number of esters is 1. The van der Waals surface area contributed by atoms with Gasteiger partial charge in [-0.3, -0.25) is 4.79 Å². The lowest BCUT2D eigenvalue weighted by molar-refractivity contribution is -0.116. The summed E-state index contributed by atoms with van der Waals surface area (Å²) in [5, 5.41) is 2.71. The van der Waals surface area contributed by atoms with Gasteiger partial charge in [-0.05, 0) is 55.8 Å². The molecular formula is C30H27NO6S. The summed E-state index contributed by atoms with van der Waals surface area (Å²) < 4.78 is 37.8. The highest BCUT2D eigenvalue weighted by Crippen LogP contribution is 2.27. The van der Waals surface area contributed by atoms with Crippen LogP contribution in [0.15, 0.2) is 105 Å². The molecule has 7 nitrogen and oxygen atoms in total. The third kappa shape index (κ3) is 6.27. The van der Waals surface area contributed by atoms with E-state index in [0.29, 0.717) is 16.9 Å². The van der Waals surface area contributed by atoms with Crippen molar-refractivity contribution >= 4 is 27.8 Å². The molecule has 0 saturated carbocycles. The Bertz CT molecular complexity index is 1550. The van der Waals surface area contributed by atoms with Crippen molar-refractivity contribution in [2.75, 3.05) is 6.61 Å². The fourth-order valence-corrected chi connectivity index (χ4v) is 5.02. The number of rotatable bonds is 9. The van der Waals surface area contributed by atoms with Crippen LogP contribution in [0.1, 0.15) is 34.2 Å². The normalized spacial score (nSPS) is 11.7. The van der Waals surface area contributed by atoms with Crippen LogP contribution < -0.4 is 5.32 Å². The van der Waals surface area contributed by atoms with Crippen LogP contribution in [0.3, 0.4) is 0 Å². The summed E-state index contributed by atoms with van der Waals surface area (Å²) in [6, 6.07) is 25.3. The molecule has 0 aliphatic rings. The average Bonchev–Trinajstić information content (AvgIpc) is 3.41. The first-order chi connectivity index (χ1) is 18.3. The van der Waals surface area contributed by atoms with E-state index in [1.54, 1.807) is 61.5 Å². The van der Waals surface area contributed by atoms with Crippen LogP contribution >= 0.6 is 0 Å². The second-order valence-electron chi connectivity index (χ2n) is 8.49. The predicted octanol–water partition coefficient (Wildman–Crippen LogP) is 5.56. The van der Waals surface area contributed by atoms with E-state index in [4.69, 9.17) is 9.15 Å². The molecule has 0 radical (unpaired) electrons. The van der Waals surface area contributed by atoms with Gasteiger partial charge in [0.05, 0.1) is 17.1 Å². The topological polar surface area (TPSA) is 103 Å². The quantitative estimate of drug-likeness (QED) is 0.225. The van der Waals surface area contributed by atoms with E-state index >= 15 is 0 Å². The number of amides is 1. The minimum absolute atomic E-state index is 0.00179. The molecule has 0 aliphatic heterocycles. The van der Waals surface area contributed by atoms with Gasteiger partial charge >= 0.3 is 5.97 Å². The molecule has 1 heterocycles. The van der Waals surface area contributed by atoms with Crippen LogP contribution in [-0.4, -0.2) is 26.9 Å². The van der Waals surface area contributed by atoms with Crippen LogP contribution in [-0.2, 0) is 25.9 Å². The van der Waals surface area contributed by atoms with Crippen molar-refractivity contribution < 1.29 is 27.2 Å². The zero-order valence-electron chi connectivity index (χ0n) is 21.0. The molecule has 4 aromatic rings. The molecule has 0 fully saturated rings. The molecule has 38 heavy (non-hydrogen) atoms. The van der Waals surface area contributed by atoms with Gasteiger partial charge in [0.2, 0.25) is 9.84 Å². The van der Waals surface area contributed by atoms with Gasteiger partial charge in [0.1, 0.15) is 16.4 Å². The Hall–Kier alpha value is -4.43. The number of hydrogen-bond donors (Lipinski definition) is 1. The Balaban J connectivity index is 1.63. The van der Waals surface area contributed by atoms with Crippen LogP contribution in [0.2, 0.25) is 0 Å². The smallest absolute Gasteiger partial charge is 0.338 e. The molecule has 0 unspecified atom stereocenters. The number of nitrogens with one attached hydrogen (secondary N) is 1. The number of benzene rings is 3. The molecule has 0 bridgehead atoms. The Morgan fingerprint density at radius 3 is 2.24 bits per heavy atom. The average molecular weight is 530 g/mol. The Morgan fingerprint density at radius 1 is 0.895 bits per heavy atom. The van der Waals surface area contributed by atoms with Crippen LogP contribution in [0, 0.1) is 6.92 Å². The highest BCUT2D eigenvalue weighted by Gasteiger charge is 2.27. The molecule has 1 amide bonds. The van der Waals surface area contributed by atoms with Crippen molar-refractivity contribution in [1.82, 2.24) is 5.32 Å². The largest absolute Gasteiger partial charge is 0.462 e. The van der Waals surface area contributed by atoms with Crippen LogP contribution in [0.25, 0.3) is 17.4 Å². The summed E-state index contributed by atoms with van der Waals surface area (Å²) in [4.78, 5) is 24.7. The van der Waals surface area contributed by atoms with Gasteiger partial charge in [0, 0.05) is 18.2 Å². The second kappa shape index (κ2) is 11.7. The fourth-order valence-electron chi connectivity index (χ4n) is 3.67. The van der Waals surface area contributed by atoms with Gasteiger partial charge in [-0.15, -0.1) is 0 Å². The van der Waals surface area contributed by atoms with Crippen molar-refractivity contribution in [3.63, 3.8) is 0 Å². The fraction of sp³-hybridized carbons (Fsp3) is 0.133. The van der Waals surface area contributed by atoms with E-state index in [1.165, 1.54) is 18.2 Å². The van der Waals surface area contributed by atoms with Crippen molar-refractivity contribution in [2.45, 2.75) is 25.3 Å². The number of sulfone groups is 1. The Labute approximate surface area is 221 Å². The van der Waals surface area contributed by atoms with E-state index in [-0.39, 0.29) is 23.8 Å². The summed E-state index contributed by atoms with van der Waals surface area (Å²) in [5.74, 6) is -0.529. The second-order valence-corrected chi connectivity index (χ2v) is 10.4. The molecule has 0 aliphatic carbocycles. The Morgan fingerprint density at radius 2 is 1.58 bits per heavy atom. The predicted molar refractivity (Wildman–Crippen MR) is 145 cm³/mol. The summed E-state index contributed by atoms with van der Waals surface area (Å²) in [5.41, 5.74) is 3.00. The van der Waals surface area contributed by atoms with Crippen LogP contribution in [0.4, 0.5) is 0 Å². The van der Waals surface area contributed by atoms with E-state index in [0.717, 1.165) is 11.1 Å². The Kier molecular flexibility index (Phi) is 8.23. The molecule has 8 heteroatoms. The zero-order valence-corrected chi connectivity index (χ0v) is 21.8. The lowest BCUT2D eigenvalue weighted by Crippen LogP contribution is -2.28. The van der Waals surface area contributed by atoms with Crippen molar-refractivity contribution in [1.29, 1.82) is 0 Å². The number of carbonyl (C=O) groups is 2. The molecule has 0 atom stereocenters. The molecule has 1 aromatic heterocycles. The lowest BCUT2D eigenvalue weighted by Gasteiger charge is -2.10.